The summed E-state index contributed by atoms with van der Waals surface area (Å²) in [7, 11) is -2.66. The number of nitrogens with zero attached hydrogens (tertiary/aromatic N) is 3. The Balaban J connectivity index is 1.88. The van der Waals surface area contributed by atoms with E-state index in [0.29, 0.717) is 0 Å². The molecule has 0 amide bonds. The monoisotopic (exact) mass is 525 g/mol. The maximum Gasteiger partial charge on any atom is 0.418 e. The molecular formula is C30H35F3N3P. The van der Waals surface area contributed by atoms with Crippen LogP contribution in [-0.4, -0.2) is 27.5 Å². The number of piperidine rings is 1. The van der Waals surface area contributed by atoms with Gasteiger partial charge in [-0.3, -0.25) is 4.67 Å². The fourth-order valence-electron chi connectivity index (χ4n) is 5.95. The van der Waals surface area contributed by atoms with E-state index in [2.05, 4.69) is 79.4 Å². The molecule has 1 aliphatic rings. The van der Waals surface area contributed by atoms with Crippen LogP contribution in [0, 0.1) is 0 Å². The summed E-state index contributed by atoms with van der Waals surface area (Å²) in [6, 6.07) is 20.7. The molecule has 5 rings (SSSR count). The number of alkyl halides is 3. The van der Waals surface area contributed by atoms with E-state index in [-0.39, 0.29) is 10.8 Å². The van der Waals surface area contributed by atoms with Crippen molar-refractivity contribution in [3.05, 3.63) is 72.3 Å². The van der Waals surface area contributed by atoms with E-state index >= 15 is 0 Å². The number of halogens is 3. The van der Waals surface area contributed by atoms with Crippen molar-refractivity contribution >= 4 is 40.0 Å². The Bertz CT molecular complexity index is 1490. The minimum atomic E-state index is -4.46. The average molecular weight is 526 g/mol. The smallest absolute Gasteiger partial charge is 0.341 e. The Morgan fingerprint density at radius 2 is 1.46 bits per heavy atom. The van der Waals surface area contributed by atoms with E-state index in [1.807, 2.05) is 0 Å². The van der Waals surface area contributed by atoms with Crippen LogP contribution in [-0.2, 0) is 12.7 Å². The highest BCUT2D eigenvalue weighted by atomic mass is 31.2. The van der Waals surface area contributed by atoms with Crippen molar-refractivity contribution in [3.8, 4) is 0 Å². The molecule has 0 unspecified atom stereocenters. The third-order valence-electron chi connectivity index (χ3n) is 7.57. The number of fused-ring (bicyclic) bond motifs is 3. The van der Waals surface area contributed by atoms with E-state index in [4.69, 9.17) is 4.74 Å². The van der Waals surface area contributed by atoms with Gasteiger partial charge in [0.2, 0.25) is 0 Å². The van der Waals surface area contributed by atoms with Crippen molar-refractivity contribution in [3.63, 3.8) is 0 Å². The summed E-state index contributed by atoms with van der Waals surface area (Å²) >= 11 is 0. The molecule has 1 aliphatic heterocycles. The molecule has 1 atom stereocenters. The van der Waals surface area contributed by atoms with Crippen LogP contribution in [0.15, 0.2) is 71.5 Å². The fourth-order valence-corrected chi connectivity index (χ4v) is 10.4. The van der Waals surface area contributed by atoms with E-state index in [0.717, 1.165) is 61.2 Å². The first-order valence-corrected chi connectivity index (χ1v) is 14.8. The maximum atomic E-state index is 14.1. The largest absolute Gasteiger partial charge is 0.418 e. The topological polar surface area (TPSA) is 20.5 Å². The lowest BCUT2D eigenvalue weighted by Gasteiger charge is -2.47. The lowest BCUT2D eigenvalue weighted by Crippen LogP contribution is -2.39. The zero-order valence-electron chi connectivity index (χ0n) is 22.0. The summed E-state index contributed by atoms with van der Waals surface area (Å²) in [6.45, 7) is 11.1. The summed E-state index contributed by atoms with van der Waals surface area (Å²) in [4.78, 5) is 0. The highest BCUT2D eigenvalue weighted by Gasteiger charge is 2.43. The van der Waals surface area contributed by atoms with Gasteiger partial charge < -0.3 is 4.57 Å². The minimum Gasteiger partial charge on any atom is -0.341 e. The molecule has 37 heavy (non-hydrogen) atoms. The van der Waals surface area contributed by atoms with Crippen LogP contribution in [0.25, 0.3) is 21.8 Å². The normalized spacial score (nSPS) is 17.3. The number of hydrogen-bond donors (Lipinski definition) is 0. The lowest BCUT2D eigenvalue weighted by molar-refractivity contribution is -0.137. The first-order valence-electron chi connectivity index (χ1n) is 13.1. The maximum absolute atomic E-state index is 14.1. The molecule has 196 valence electrons. The summed E-state index contributed by atoms with van der Waals surface area (Å²) in [5.41, 5.74) is 1.70. The van der Waals surface area contributed by atoms with E-state index in [1.54, 1.807) is 6.07 Å². The van der Waals surface area contributed by atoms with Gasteiger partial charge in [0, 0.05) is 51.9 Å². The molecule has 3 nitrogen and oxygen atoms in total. The van der Waals surface area contributed by atoms with Gasteiger partial charge in [-0.1, -0.05) is 57.5 Å². The molecule has 1 fully saturated rings. The molecule has 7 heteroatoms. The molecule has 0 bridgehead atoms. The zero-order chi connectivity index (χ0) is 26.4. The Hall–Kier alpha value is -2.56. The van der Waals surface area contributed by atoms with Gasteiger partial charge in [0.1, 0.15) is 0 Å². The van der Waals surface area contributed by atoms with Gasteiger partial charge in [-0.25, -0.2) is 4.74 Å². The van der Waals surface area contributed by atoms with Crippen molar-refractivity contribution in [1.29, 1.82) is 0 Å². The van der Waals surface area contributed by atoms with Crippen molar-refractivity contribution in [2.24, 2.45) is 4.74 Å². The minimum absolute atomic E-state index is 0.0416. The van der Waals surface area contributed by atoms with Crippen molar-refractivity contribution in [1.82, 2.24) is 9.24 Å². The second kappa shape index (κ2) is 9.63. The van der Waals surface area contributed by atoms with Crippen LogP contribution in [0.4, 0.5) is 18.9 Å². The third-order valence-corrected chi connectivity index (χ3v) is 12.2. The second-order valence-electron chi connectivity index (χ2n) is 10.9. The molecule has 3 aromatic carbocycles. The first-order chi connectivity index (χ1) is 17.6. The molecule has 0 spiro atoms. The van der Waals surface area contributed by atoms with Crippen molar-refractivity contribution in [2.45, 2.75) is 64.8 Å². The average Bonchev–Trinajstić information content (AvgIpc) is 3.19. The van der Waals surface area contributed by atoms with E-state index < -0.39 is 18.9 Å². The van der Waals surface area contributed by atoms with Crippen LogP contribution < -0.4 is 5.30 Å². The fraction of sp³-hybridized carbons (Fsp3) is 0.400. The van der Waals surface area contributed by atoms with Gasteiger partial charge in [0.25, 0.3) is 0 Å². The van der Waals surface area contributed by atoms with Gasteiger partial charge >= 0.3 is 6.18 Å². The standard InChI is InChI=1S/C30H35F3N3P/c1-5-36-27-16-10-7-13-23(27)24-21-22(17-18-28(24)36)37(29(2,3)4,35-19-11-6-12-20-35)34-26-15-9-8-14-25(26)30(31,32)33/h7-10,13-18,21H,5-6,11-12,19-20H2,1-4H3/t37-/m1/s1. The lowest BCUT2D eigenvalue weighted by atomic mass is 10.1. The number of para-hydroxylation sites is 1. The van der Waals surface area contributed by atoms with Crippen LogP contribution in [0.5, 0.6) is 0 Å². The first kappa shape index (κ1) is 26.1. The van der Waals surface area contributed by atoms with Crippen LogP contribution in [0.3, 0.4) is 0 Å². The van der Waals surface area contributed by atoms with Gasteiger partial charge in [-0.05, 0) is 56.2 Å². The van der Waals surface area contributed by atoms with Gasteiger partial charge in [-0.15, -0.1) is 0 Å². The summed E-state index contributed by atoms with van der Waals surface area (Å²) in [5, 5.41) is 2.98. The summed E-state index contributed by atoms with van der Waals surface area (Å²) in [5.74, 6) is 0. The van der Waals surface area contributed by atoms with Crippen LogP contribution in [0.2, 0.25) is 0 Å². The Morgan fingerprint density at radius 1 is 0.811 bits per heavy atom. The van der Waals surface area contributed by atoms with Gasteiger partial charge in [0.15, 0.2) is 0 Å². The SMILES string of the molecule is CCn1c2ccccc2c2cc([P@@](=Nc3ccccc3C(F)(F)F)(N3CCCCC3)C(C)(C)C)ccc21. The summed E-state index contributed by atoms with van der Waals surface area (Å²) in [6.07, 6.45) is -1.26. The van der Waals surface area contributed by atoms with Gasteiger partial charge in [0.05, 0.1) is 18.5 Å². The number of benzene rings is 3. The van der Waals surface area contributed by atoms with Crippen molar-refractivity contribution in [2.75, 3.05) is 13.1 Å². The molecule has 2 heterocycles. The van der Waals surface area contributed by atoms with Crippen molar-refractivity contribution < 1.29 is 13.2 Å². The molecule has 0 aliphatic carbocycles. The predicted octanol–water partition coefficient (Wildman–Crippen LogP) is 9.19. The van der Waals surface area contributed by atoms with Crippen LogP contribution >= 0.6 is 7.21 Å². The molecule has 0 N–H and O–H groups in total. The quantitative estimate of drug-likeness (QED) is 0.243. The Kier molecular flexibility index (Phi) is 6.79. The predicted molar refractivity (Wildman–Crippen MR) is 150 cm³/mol. The molecular weight excluding hydrogens is 490 g/mol. The highest BCUT2D eigenvalue weighted by molar-refractivity contribution is 7.73. The molecule has 0 saturated carbocycles. The van der Waals surface area contributed by atoms with Gasteiger partial charge in [-0.2, -0.15) is 13.2 Å². The number of aryl methyl sites for hydroxylation is 1. The van der Waals surface area contributed by atoms with E-state index in [1.165, 1.54) is 23.0 Å². The Labute approximate surface area is 217 Å². The number of aromatic nitrogens is 1. The van der Waals surface area contributed by atoms with E-state index in [9.17, 15) is 13.2 Å². The zero-order valence-corrected chi connectivity index (χ0v) is 22.9. The van der Waals surface area contributed by atoms with Crippen LogP contribution in [0.1, 0.15) is 52.5 Å². The Morgan fingerprint density at radius 3 is 2.14 bits per heavy atom. The number of hydrogen-bond acceptors (Lipinski definition) is 1. The summed E-state index contributed by atoms with van der Waals surface area (Å²) < 4.78 is 52.4. The highest BCUT2D eigenvalue weighted by Crippen LogP contribution is 2.65. The molecule has 1 aromatic heterocycles. The third kappa shape index (κ3) is 4.42. The number of rotatable bonds is 4. The molecule has 1 saturated heterocycles. The second-order valence-corrected chi connectivity index (χ2v) is 14.7. The molecule has 0 radical (unpaired) electrons. The molecule has 4 aromatic rings.